The fraction of sp³-hybridized carbons (Fsp3) is 0.294. The van der Waals surface area contributed by atoms with Crippen LogP contribution in [0.4, 0.5) is 0 Å². The van der Waals surface area contributed by atoms with E-state index >= 15 is 0 Å². The third-order valence-electron chi connectivity index (χ3n) is 4.01. The van der Waals surface area contributed by atoms with Crippen molar-refractivity contribution in [3.05, 3.63) is 41.0 Å². The van der Waals surface area contributed by atoms with Gasteiger partial charge in [0.25, 0.3) is 0 Å². The molecule has 2 aromatic carbocycles. The topological polar surface area (TPSA) is 53.7 Å². The van der Waals surface area contributed by atoms with Crippen molar-refractivity contribution in [3.63, 3.8) is 0 Å². The molecular formula is C17H19NO3. The number of hydrogen-bond donors (Lipinski definition) is 1. The molecule has 2 aromatic rings. The van der Waals surface area contributed by atoms with E-state index in [0.717, 1.165) is 22.3 Å². The Morgan fingerprint density at radius 2 is 1.62 bits per heavy atom. The van der Waals surface area contributed by atoms with Crippen LogP contribution < -0.4 is 19.9 Å². The van der Waals surface area contributed by atoms with E-state index in [1.807, 2.05) is 6.07 Å². The molecule has 4 nitrogen and oxygen atoms in total. The third-order valence-corrected chi connectivity index (χ3v) is 4.01. The zero-order chi connectivity index (χ0) is 15.1. The Kier molecular flexibility index (Phi) is 3.26. The molecule has 1 atom stereocenters. The van der Waals surface area contributed by atoms with Gasteiger partial charge >= 0.3 is 0 Å². The molecular weight excluding hydrogens is 266 g/mol. The predicted molar refractivity (Wildman–Crippen MR) is 82.3 cm³/mol. The summed E-state index contributed by atoms with van der Waals surface area (Å²) in [6.45, 7) is 2.06. The average molecular weight is 285 g/mol. The molecule has 4 heteroatoms. The molecule has 2 N–H and O–H groups in total. The quantitative estimate of drug-likeness (QED) is 0.941. The molecule has 3 rings (SSSR count). The largest absolute Gasteiger partial charge is 0.493 e. The number of aryl methyl sites for hydroxylation is 1. The maximum Gasteiger partial charge on any atom is 0.203 e. The molecule has 110 valence electrons. The van der Waals surface area contributed by atoms with Crippen LogP contribution in [0.2, 0.25) is 0 Å². The van der Waals surface area contributed by atoms with E-state index in [1.165, 1.54) is 5.56 Å². The standard InChI is InChI=1S/C17H19NO3/c1-9-5-6-10-11(7-9)15(18)12-8-13(19-2)16(20-3)17(21-4)14(10)12/h5-8,15H,18H2,1-4H3. The number of fused-ring (bicyclic) bond motifs is 3. The van der Waals surface area contributed by atoms with Crippen molar-refractivity contribution in [2.45, 2.75) is 13.0 Å². The van der Waals surface area contributed by atoms with Crippen LogP contribution in [0, 0.1) is 6.92 Å². The molecule has 1 unspecified atom stereocenters. The van der Waals surface area contributed by atoms with Crippen molar-refractivity contribution in [2.75, 3.05) is 21.3 Å². The highest BCUT2D eigenvalue weighted by Gasteiger charge is 2.32. The predicted octanol–water partition coefficient (Wildman–Crippen LogP) is 3.05. The van der Waals surface area contributed by atoms with Crippen LogP contribution in [-0.4, -0.2) is 21.3 Å². The Hall–Kier alpha value is -2.20. The Morgan fingerprint density at radius 1 is 0.905 bits per heavy atom. The Morgan fingerprint density at radius 3 is 2.24 bits per heavy atom. The van der Waals surface area contributed by atoms with Crippen LogP contribution in [0.25, 0.3) is 11.1 Å². The summed E-state index contributed by atoms with van der Waals surface area (Å²) in [4.78, 5) is 0. The van der Waals surface area contributed by atoms with E-state index in [9.17, 15) is 0 Å². The second-order valence-corrected chi connectivity index (χ2v) is 5.18. The zero-order valence-electron chi connectivity index (χ0n) is 12.7. The summed E-state index contributed by atoms with van der Waals surface area (Å²) in [6, 6.07) is 8.06. The van der Waals surface area contributed by atoms with Gasteiger partial charge in [0.05, 0.1) is 27.4 Å². The maximum atomic E-state index is 6.41. The summed E-state index contributed by atoms with van der Waals surface area (Å²) in [5, 5.41) is 0. The van der Waals surface area contributed by atoms with E-state index in [4.69, 9.17) is 19.9 Å². The van der Waals surface area contributed by atoms with Gasteiger partial charge in [-0.25, -0.2) is 0 Å². The smallest absolute Gasteiger partial charge is 0.203 e. The first-order valence-electron chi connectivity index (χ1n) is 6.81. The molecule has 0 aliphatic heterocycles. The first-order valence-corrected chi connectivity index (χ1v) is 6.81. The average Bonchev–Trinajstić information content (AvgIpc) is 2.77. The van der Waals surface area contributed by atoms with Crippen molar-refractivity contribution in [3.8, 4) is 28.4 Å². The molecule has 0 spiro atoms. The third kappa shape index (κ3) is 1.87. The number of hydrogen-bond acceptors (Lipinski definition) is 4. The molecule has 0 fully saturated rings. The van der Waals surface area contributed by atoms with Crippen LogP contribution in [0.15, 0.2) is 24.3 Å². The summed E-state index contributed by atoms with van der Waals surface area (Å²) >= 11 is 0. The molecule has 0 amide bonds. The molecule has 0 radical (unpaired) electrons. The van der Waals surface area contributed by atoms with Gasteiger partial charge in [0, 0.05) is 5.56 Å². The van der Waals surface area contributed by atoms with Crippen molar-refractivity contribution in [1.82, 2.24) is 0 Å². The Bertz CT molecular complexity index is 710. The fourth-order valence-corrected chi connectivity index (χ4v) is 3.03. The van der Waals surface area contributed by atoms with Gasteiger partial charge in [0.15, 0.2) is 11.5 Å². The molecule has 0 heterocycles. The Labute approximate surface area is 124 Å². The van der Waals surface area contributed by atoms with Crippen molar-refractivity contribution >= 4 is 0 Å². The van der Waals surface area contributed by atoms with Gasteiger partial charge in [-0.1, -0.05) is 23.8 Å². The summed E-state index contributed by atoms with van der Waals surface area (Å²) in [5.74, 6) is 1.90. The number of rotatable bonds is 3. The lowest BCUT2D eigenvalue weighted by Gasteiger charge is -2.17. The molecule has 0 saturated heterocycles. The summed E-state index contributed by atoms with van der Waals surface area (Å²) in [6.07, 6.45) is 0. The first-order chi connectivity index (χ1) is 10.1. The number of ether oxygens (including phenoxy) is 3. The second-order valence-electron chi connectivity index (χ2n) is 5.18. The number of nitrogens with two attached hydrogens (primary N) is 1. The monoisotopic (exact) mass is 285 g/mol. The molecule has 0 saturated carbocycles. The summed E-state index contributed by atoms with van der Waals surface area (Å²) in [5.41, 5.74) is 11.8. The van der Waals surface area contributed by atoms with Crippen LogP contribution in [0.5, 0.6) is 17.2 Å². The van der Waals surface area contributed by atoms with Gasteiger partial charge in [-0.05, 0) is 29.7 Å². The highest BCUT2D eigenvalue weighted by Crippen LogP contribution is 2.54. The second kappa shape index (κ2) is 4.97. The van der Waals surface area contributed by atoms with Crippen molar-refractivity contribution in [1.29, 1.82) is 0 Å². The number of methoxy groups -OCH3 is 3. The minimum absolute atomic E-state index is 0.177. The van der Waals surface area contributed by atoms with Crippen molar-refractivity contribution < 1.29 is 14.2 Å². The van der Waals surface area contributed by atoms with Gasteiger partial charge in [-0.15, -0.1) is 0 Å². The molecule has 21 heavy (non-hydrogen) atoms. The van der Waals surface area contributed by atoms with E-state index < -0.39 is 0 Å². The molecule has 1 aliphatic rings. The zero-order valence-corrected chi connectivity index (χ0v) is 12.7. The summed E-state index contributed by atoms with van der Waals surface area (Å²) < 4.78 is 16.5. The van der Waals surface area contributed by atoms with E-state index in [-0.39, 0.29) is 6.04 Å². The first kappa shape index (κ1) is 13.8. The minimum atomic E-state index is -0.177. The Balaban J connectivity index is 2.36. The van der Waals surface area contributed by atoms with Gasteiger partial charge in [0.2, 0.25) is 5.75 Å². The fourth-order valence-electron chi connectivity index (χ4n) is 3.03. The van der Waals surface area contributed by atoms with Gasteiger partial charge in [0.1, 0.15) is 0 Å². The minimum Gasteiger partial charge on any atom is -0.493 e. The SMILES string of the molecule is COc1cc2c(c(OC)c1OC)-c1ccc(C)cc1C2N. The van der Waals surface area contributed by atoms with Crippen LogP contribution in [0.3, 0.4) is 0 Å². The van der Waals surface area contributed by atoms with Gasteiger partial charge in [-0.2, -0.15) is 0 Å². The van der Waals surface area contributed by atoms with Gasteiger partial charge in [-0.3, -0.25) is 0 Å². The highest BCUT2D eigenvalue weighted by molar-refractivity contribution is 5.87. The van der Waals surface area contributed by atoms with Crippen LogP contribution in [0.1, 0.15) is 22.7 Å². The highest BCUT2D eigenvalue weighted by atomic mass is 16.5. The number of benzene rings is 2. The van der Waals surface area contributed by atoms with E-state index in [1.54, 1.807) is 21.3 Å². The summed E-state index contributed by atoms with van der Waals surface area (Å²) in [7, 11) is 4.86. The van der Waals surface area contributed by atoms with Crippen molar-refractivity contribution in [2.24, 2.45) is 5.73 Å². The lowest BCUT2D eigenvalue weighted by atomic mass is 10.0. The lowest BCUT2D eigenvalue weighted by Crippen LogP contribution is -2.09. The van der Waals surface area contributed by atoms with Crippen LogP contribution >= 0.6 is 0 Å². The maximum absolute atomic E-state index is 6.41. The van der Waals surface area contributed by atoms with E-state index in [2.05, 4.69) is 25.1 Å². The lowest BCUT2D eigenvalue weighted by molar-refractivity contribution is 0.325. The van der Waals surface area contributed by atoms with Crippen LogP contribution in [-0.2, 0) is 0 Å². The molecule has 1 aliphatic carbocycles. The molecule has 0 aromatic heterocycles. The molecule has 0 bridgehead atoms. The normalized spacial score (nSPS) is 15.4. The van der Waals surface area contributed by atoms with E-state index in [0.29, 0.717) is 17.2 Å². The van der Waals surface area contributed by atoms with Gasteiger partial charge < -0.3 is 19.9 Å².